The van der Waals surface area contributed by atoms with Gasteiger partial charge in [0.1, 0.15) is 18.9 Å². The van der Waals surface area contributed by atoms with Gasteiger partial charge in [0, 0.05) is 31.5 Å². The predicted molar refractivity (Wildman–Crippen MR) is 86.6 cm³/mol. The molecule has 0 spiro atoms. The van der Waals surface area contributed by atoms with E-state index in [0.29, 0.717) is 32.2 Å². The van der Waals surface area contributed by atoms with Crippen molar-refractivity contribution in [1.29, 1.82) is 0 Å². The molecule has 0 radical (unpaired) electrons. The van der Waals surface area contributed by atoms with Crippen LogP contribution in [0.2, 0.25) is 0 Å². The average molecular weight is 328 g/mol. The highest BCUT2D eigenvalue weighted by Gasteiger charge is 2.43. The molecular weight excluding hydrogens is 308 g/mol. The number of carbonyl (C=O) groups excluding carboxylic acids is 1. The molecule has 4 heterocycles. The van der Waals surface area contributed by atoms with Gasteiger partial charge in [-0.15, -0.1) is 0 Å². The molecule has 2 aliphatic rings. The SMILES string of the molecule is CC1(C)COCN1C(=O)C1CN(c2cc(-n3cccn3)ncn2)C1. The van der Waals surface area contributed by atoms with Crippen molar-refractivity contribution in [2.45, 2.75) is 19.4 Å². The van der Waals surface area contributed by atoms with Gasteiger partial charge in [-0.05, 0) is 19.9 Å². The zero-order chi connectivity index (χ0) is 16.7. The van der Waals surface area contributed by atoms with Crippen molar-refractivity contribution in [3.63, 3.8) is 0 Å². The zero-order valence-corrected chi connectivity index (χ0v) is 13.8. The number of hydrogen-bond donors (Lipinski definition) is 0. The maximum atomic E-state index is 12.6. The molecule has 126 valence electrons. The summed E-state index contributed by atoms with van der Waals surface area (Å²) in [5.41, 5.74) is -0.223. The third kappa shape index (κ3) is 2.52. The number of ether oxygens (including phenoxy) is 1. The molecule has 8 nitrogen and oxygen atoms in total. The molecular formula is C16H20N6O2. The van der Waals surface area contributed by atoms with Crippen LogP contribution >= 0.6 is 0 Å². The first-order valence-corrected chi connectivity index (χ1v) is 8.01. The number of nitrogens with zero attached hydrogens (tertiary/aromatic N) is 6. The Hall–Kier alpha value is -2.48. The summed E-state index contributed by atoms with van der Waals surface area (Å²) in [6.07, 6.45) is 5.07. The summed E-state index contributed by atoms with van der Waals surface area (Å²) in [5, 5.41) is 4.18. The van der Waals surface area contributed by atoms with Crippen molar-refractivity contribution in [2.75, 3.05) is 31.3 Å². The van der Waals surface area contributed by atoms with Crippen molar-refractivity contribution < 1.29 is 9.53 Å². The first-order valence-electron chi connectivity index (χ1n) is 8.01. The minimum Gasteiger partial charge on any atom is -0.359 e. The summed E-state index contributed by atoms with van der Waals surface area (Å²) in [5.74, 6) is 1.69. The first-order chi connectivity index (χ1) is 11.5. The summed E-state index contributed by atoms with van der Waals surface area (Å²) in [4.78, 5) is 25.1. The van der Waals surface area contributed by atoms with Crippen molar-refractivity contribution in [2.24, 2.45) is 5.92 Å². The van der Waals surface area contributed by atoms with Gasteiger partial charge >= 0.3 is 0 Å². The number of aromatic nitrogens is 4. The molecule has 0 bridgehead atoms. The van der Waals surface area contributed by atoms with E-state index in [1.807, 2.05) is 37.1 Å². The molecule has 4 rings (SSSR count). The second-order valence-electron chi connectivity index (χ2n) is 6.84. The molecule has 0 saturated carbocycles. The van der Waals surface area contributed by atoms with Crippen LogP contribution in [0.3, 0.4) is 0 Å². The fourth-order valence-corrected chi connectivity index (χ4v) is 3.08. The Bertz CT molecular complexity index is 739. The highest BCUT2D eigenvalue weighted by Crippen LogP contribution is 2.29. The molecule has 2 aromatic heterocycles. The van der Waals surface area contributed by atoms with Gasteiger partial charge in [0.15, 0.2) is 5.82 Å². The molecule has 1 amide bonds. The Morgan fingerprint density at radius 3 is 2.75 bits per heavy atom. The molecule has 2 saturated heterocycles. The highest BCUT2D eigenvalue weighted by molar-refractivity contribution is 5.82. The lowest BCUT2D eigenvalue weighted by molar-refractivity contribution is -0.140. The van der Waals surface area contributed by atoms with Crippen LogP contribution in [-0.4, -0.2) is 62.5 Å². The first kappa shape index (κ1) is 15.1. The highest BCUT2D eigenvalue weighted by atomic mass is 16.5. The Balaban J connectivity index is 1.43. The fraction of sp³-hybridized carbons (Fsp3) is 0.500. The quantitative estimate of drug-likeness (QED) is 0.825. The van der Waals surface area contributed by atoms with Crippen LogP contribution in [0.4, 0.5) is 5.82 Å². The smallest absolute Gasteiger partial charge is 0.231 e. The summed E-state index contributed by atoms with van der Waals surface area (Å²) in [6, 6.07) is 3.73. The molecule has 2 fully saturated rings. The molecule has 2 aliphatic heterocycles. The Morgan fingerprint density at radius 1 is 1.29 bits per heavy atom. The molecule has 2 aromatic rings. The number of amides is 1. The van der Waals surface area contributed by atoms with E-state index >= 15 is 0 Å². The van der Waals surface area contributed by atoms with E-state index < -0.39 is 0 Å². The normalized spacial score (nSPS) is 20.2. The summed E-state index contributed by atoms with van der Waals surface area (Å²) >= 11 is 0. The second kappa shape index (κ2) is 5.55. The van der Waals surface area contributed by atoms with Crippen LogP contribution in [0.25, 0.3) is 5.82 Å². The predicted octanol–water partition coefficient (Wildman–Crippen LogP) is 0.693. The second-order valence-corrected chi connectivity index (χ2v) is 6.84. The number of anilines is 1. The number of rotatable bonds is 3. The zero-order valence-electron chi connectivity index (χ0n) is 13.8. The van der Waals surface area contributed by atoms with E-state index in [4.69, 9.17) is 4.74 Å². The van der Waals surface area contributed by atoms with Gasteiger partial charge in [-0.3, -0.25) is 4.79 Å². The molecule has 0 aliphatic carbocycles. The maximum Gasteiger partial charge on any atom is 0.231 e. The van der Waals surface area contributed by atoms with Crippen LogP contribution in [0.1, 0.15) is 13.8 Å². The van der Waals surface area contributed by atoms with Crippen molar-refractivity contribution in [1.82, 2.24) is 24.6 Å². The lowest BCUT2D eigenvalue weighted by Crippen LogP contribution is -2.57. The monoisotopic (exact) mass is 328 g/mol. The van der Waals surface area contributed by atoms with Gasteiger partial charge < -0.3 is 14.5 Å². The Kier molecular flexibility index (Phi) is 3.49. The van der Waals surface area contributed by atoms with Crippen molar-refractivity contribution in [3.8, 4) is 5.82 Å². The third-order valence-electron chi connectivity index (χ3n) is 4.60. The standard InChI is InChI=1S/C16H20N6O2/c1-16(2)9-24-11-21(16)15(23)12-7-20(8-12)13-6-14(18-10-17-13)22-5-3-4-19-22/h3-6,10,12H,7-9,11H2,1-2H3. The van der Waals surface area contributed by atoms with Gasteiger partial charge in [0.05, 0.1) is 18.1 Å². The largest absolute Gasteiger partial charge is 0.359 e. The van der Waals surface area contributed by atoms with E-state index in [1.54, 1.807) is 10.9 Å². The van der Waals surface area contributed by atoms with Crippen molar-refractivity contribution in [3.05, 3.63) is 30.9 Å². The third-order valence-corrected chi connectivity index (χ3v) is 4.60. The van der Waals surface area contributed by atoms with Crippen molar-refractivity contribution >= 4 is 11.7 Å². The molecule has 0 unspecified atom stereocenters. The minimum atomic E-state index is -0.223. The molecule has 0 aromatic carbocycles. The molecule has 0 N–H and O–H groups in total. The van der Waals surface area contributed by atoms with E-state index in [1.165, 1.54) is 6.33 Å². The minimum absolute atomic E-state index is 0.00547. The van der Waals surface area contributed by atoms with Crippen LogP contribution in [0.15, 0.2) is 30.9 Å². The van der Waals surface area contributed by atoms with Gasteiger partial charge in [-0.1, -0.05) is 0 Å². The van der Waals surface area contributed by atoms with E-state index in [0.717, 1.165) is 5.82 Å². The maximum absolute atomic E-state index is 12.6. The van der Waals surface area contributed by atoms with Gasteiger partial charge in [-0.25, -0.2) is 14.6 Å². The topological polar surface area (TPSA) is 76.4 Å². The summed E-state index contributed by atoms with van der Waals surface area (Å²) in [7, 11) is 0. The van der Waals surface area contributed by atoms with E-state index in [9.17, 15) is 4.79 Å². The number of carbonyl (C=O) groups is 1. The van der Waals surface area contributed by atoms with E-state index in [-0.39, 0.29) is 17.4 Å². The Labute approximate surface area is 140 Å². The van der Waals surface area contributed by atoms with Crippen LogP contribution in [0.5, 0.6) is 0 Å². The van der Waals surface area contributed by atoms with Crippen LogP contribution < -0.4 is 4.90 Å². The average Bonchev–Trinajstić information content (AvgIpc) is 3.15. The molecule has 24 heavy (non-hydrogen) atoms. The lowest BCUT2D eigenvalue weighted by Gasteiger charge is -2.42. The fourth-order valence-electron chi connectivity index (χ4n) is 3.08. The Morgan fingerprint density at radius 2 is 2.08 bits per heavy atom. The number of hydrogen-bond acceptors (Lipinski definition) is 6. The molecule has 0 atom stereocenters. The van der Waals surface area contributed by atoms with Crippen LogP contribution in [-0.2, 0) is 9.53 Å². The summed E-state index contributed by atoms with van der Waals surface area (Å²) in [6.45, 7) is 6.39. The van der Waals surface area contributed by atoms with Gasteiger partial charge in [0.2, 0.25) is 5.91 Å². The van der Waals surface area contributed by atoms with Crippen LogP contribution in [0, 0.1) is 5.92 Å². The molecule has 8 heteroatoms. The van der Waals surface area contributed by atoms with Gasteiger partial charge in [-0.2, -0.15) is 5.10 Å². The lowest BCUT2D eigenvalue weighted by atomic mass is 9.95. The summed E-state index contributed by atoms with van der Waals surface area (Å²) < 4.78 is 7.13. The van der Waals surface area contributed by atoms with Gasteiger partial charge in [0.25, 0.3) is 0 Å². The van der Waals surface area contributed by atoms with E-state index in [2.05, 4.69) is 20.0 Å².